The van der Waals surface area contributed by atoms with E-state index in [1.54, 1.807) is 11.8 Å². The normalized spacial score (nSPS) is 17.9. The molecule has 0 aromatic heterocycles. The highest BCUT2D eigenvalue weighted by molar-refractivity contribution is 8.00. The van der Waals surface area contributed by atoms with E-state index in [-0.39, 0.29) is 12.5 Å². The van der Waals surface area contributed by atoms with E-state index in [1.807, 2.05) is 6.92 Å². The molecule has 1 rings (SSSR count). The van der Waals surface area contributed by atoms with Gasteiger partial charge in [-0.25, -0.2) is 0 Å². The van der Waals surface area contributed by atoms with Crippen LogP contribution in [0.2, 0.25) is 0 Å². The van der Waals surface area contributed by atoms with Crippen molar-refractivity contribution in [3.63, 3.8) is 0 Å². The summed E-state index contributed by atoms with van der Waals surface area (Å²) in [5, 5.41) is 15.6. The fourth-order valence-corrected chi connectivity index (χ4v) is 3.16. The van der Waals surface area contributed by atoms with Crippen molar-refractivity contribution in [2.45, 2.75) is 37.9 Å². The first kappa shape index (κ1) is 16.3. The molecule has 1 aliphatic heterocycles. The Labute approximate surface area is 118 Å². The van der Waals surface area contributed by atoms with E-state index >= 15 is 0 Å². The van der Waals surface area contributed by atoms with Gasteiger partial charge in [-0.15, -0.1) is 11.8 Å². The Balaban J connectivity index is 2.17. The van der Waals surface area contributed by atoms with Crippen LogP contribution in [0.5, 0.6) is 0 Å². The van der Waals surface area contributed by atoms with Gasteiger partial charge in [-0.1, -0.05) is 13.3 Å². The second kappa shape index (κ2) is 9.20. The van der Waals surface area contributed by atoms with E-state index < -0.39 is 11.9 Å². The third-order valence-corrected chi connectivity index (χ3v) is 4.64. The molecule has 0 spiro atoms. The molecule has 0 aliphatic carbocycles. The number of carboxylic acid groups (broad SMARTS) is 1. The Bertz CT molecular complexity index is 294. The number of piperidine rings is 1. The van der Waals surface area contributed by atoms with Gasteiger partial charge in [0, 0.05) is 11.8 Å². The molecule has 1 atom stereocenters. The largest absolute Gasteiger partial charge is 0.481 e. The SMILES string of the molecule is CCCC(CNC(=O)CSC1CCNCC1)C(=O)O. The number of hydrogen-bond donors (Lipinski definition) is 3. The molecule has 1 fully saturated rings. The van der Waals surface area contributed by atoms with Crippen molar-refractivity contribution in [1.29, 1.82) is 0 Å². The maximum absolute atomic E-state index is 11.7. The predicted octanol–water partition coefficient (Wildman–Crippen LogP) is 1.09. The number of carbonyl (C=O) groups excluding carboxylic acids is 1. The molecule has 1 saturated heterocycles. The van der Waals surface area contributed by atoms with Crippen LogP contribution in [-0.4, -0.2) is 47.6 Å². The fraction of sp³-hybridized carbons (Fsp3) is 0.846. The summed E-state index contributed by atoms with van der Waals surface area (Å²) in [5.41, 5.74) is 0. The molecule has 0 aromatic rings. The molecule has 1 amide bonds. The maximum Gasteiger partial charge on any atom is 0.308 e. The van der Waals surface area contributed by atoms with Gasteiger partial charge in [0.15, 0.2) is 0 Å². The van der Waals surface area contributed by atoms with Crippen LogP contribution in [0.1, 0.15) is 32.6 Å². The van der Waals surface area contributed by atoms with Gasteiger partial charge >= 0.3 is 5.97 Å². The van der Waals surface area contributed by atoms with E-state index in [0.29, 0.717) is 17.4 Å². The molecule has 1 unspecified atom stereocenters. The average molecular weight is 288 g/mol. The highest BCUT2D eigenvalue weighted by Crippen LogP contribution is 2.19. The second-order valence-corrected chi connectivity index (χ2v) is 6.18. The van der Waals surface area contributed by atoms with Gasteiger partial charge in [0.1, 0.15) is 0 Å². The lowest BCUT2D eigenvalue weighted by atomic mass is 10.0. The third-order valence-electron chi connectivity index (χ3n) is 3.27. The van der Waals surface area contributed by atoms with Crippen molar-refractivity contribution < 1.29 is 14.7 Å². The first-order chi connectivity index (χ1) is 9.13. The molecule has 0 aromatic carbocycles. The van der Waals surface area contributed by atoms with Gasteiger partial charge in [-0.05, 0) is 32.4 Å². The standard InChI is InChI=1S/C13H24N2O3S/c1-2-3-10(13(17)18)8-15-12(16)9-19-11-4-6-14-7-5-11/h10-11,14H,2-9H2,1H3,(H,15,16)(H,17,18). The lowest BCUT2D eigenvalue weighted by Crippen LogP contribution is -2.35. The number of thioether (sulfide) groups is 1. The van der Waals surface area contributed by atoms with Gasteiger partial charge in [-0.3, -0.25) is 9.59 Å². The summed E-state index contributed by atoms with van der Waals surface area (Å²) in [6.45, 7) is 4.24. The first-order valence-electron chi connectivity index (χ1n) is 6.95. The van der Waals surface area contributed by atoms with E-state index in [2.05, 4.69) is 10.6 Å². The molecular weight excluding hydrogens is 264 g/mol. The van der Waals surface area contributed by atoms with Crippen LogP contribution in [0.3, 0.4) is 0 Å². The van der Waals surface area contributed by atoms with Crippen LogP contribution in [0, 0.1) is 5.92 Å². The molecule has 6 heteroatoms. The van der Waals surface area contributed by atoms with Crippen LogP contribution in [0.25, 0.3) is 0 Å². The molecule has 1 aliphatic rings. The first-order valence-corrected chi connectivity index (χ1v) is 8.00. The monoisotopic (exact) mass is 288 g/mol. The summed E-state index contributed by atoms with van der Waals surface area (Å²) < 4.78 is 0. The number of carbonyl (C=O) groups is 2. The second-order valence-electron chi connectivity index (χ2n) is 4.89. The van der Waals surface area contributed by atoms with Crippen LogP contribution < -0.4 is 10.6 Å². The number of rotatable bonds is 8. The average Bonchev–Trinajstić information content (AvgIpc) is 2.42. The van der Waals surface area contributed by atoms with Crippen molar-refractivity contribution >= 4 is 23.6 Å². The van der Waals surface area contributed by atoms with Crippen molar-refractivity contribution in [3.8, 4) is 0 Å². The minimum Gasteiger partial charge on any atom is -0.481 e. The quantitative estimate of drug-likeness (QED) is 0.623. The van der Waals surface area contributed by atoms with Crippen molar-refractivity contribution in [2.75, 3.05) is 25.4 Å². The molecule has 0 saturated carbocycles. The van der Waals surface area contributed by atoms with Crippen molar-refractivity contribution in [2.24, 2.45) is 5.92 Å². The van der Waals surface area contributed by atoms with E-state index in [0.717, 1.165) is 32.4 Å². The Hall–Kier alpha value is -0.750. The van der Waals surface area contributed by atoms with Crippen LogP contribution in [0.15, 0.2) is 0 Å². The van der Waals surface area contributed by atoms with Gasteiger partial charge in [-0.2, -0.15) is 0 Å². The van der Waals surface area contributed by atoms with E-state index in [1.165, 1.54) is 0 Å². The third kappa shape index (κ3) is 6.82. The van der Waals surface area contributed by atoms with Crippen molar-refractivity contribution in [3.05, 3.63) is 0 Å². The van der Waals surface area contributed by atoms with Crippen molar-refractivity contribution in [1.82, 2.24) is 10.6 Å². The fourth-order valence-electron chi connectivity index (χ4n) is 2.11. The predicted molar refractivity (Wildman–Crippen MR) is 77.4 cm³/mol. The summed E-state index contributed by atoms with van der Waals surface area (Å²) in [6, 6.07) is 0. The number of aliphatic carboxylic acids is 1. The highest BCUT2D eigenvalue weighted by atomic mass is 32.2. The molecule has 19 heavy (non-hydrogen) atoms. The molecule has 5 nitrogen and oxygen atoms in total. The highest BCUT2D eigenvalue weighted by Gasteiger charge is 2.18. The zero-order chi connectivity index (χ0) is 14.1. The number of nitrogens with one attached hydrogen (secondary N) is 2. The Kier molecular flexibility index (Phi) is 7.90. The van der Waals surface area contributed by atoms with E-state index in [9.17, 15) is 9.59 Å². The van der Waals surface area contributed by atoms with Gasteiger partial charge < -0.3 is 15.7 Å². The number of hydrogen-bond acceptors (Lipinski definition) is 4. The van der Waals surface area contributed by atoms with E-state index in [4.69, 9.17) is 5.11 Å². The Morgan fingerprint density at radius 3 is 2.68 bits per heavy atom. The van der Waals surface area contributed by atoms with Gasteiger partial charge in [0.2, 0.25) is 5.91 Å². The Morgan fingerprint density at radius 1 is 1.42 bits per heavy atom. The summed E-state index contributed by atoms with van der Waals surface area (Å²) in [6.07, 6.45) is 3.63. The summed E-state index contributed by atoms with van der Waals surface area (Å²) in [7, 11) is 0. The number of carboxylic acids is 1. The van der Waals surface area contributed by atoms with Gasteiger partial charge in [0.25, 0.3) is 0 Å². The Morgan fingerprint density at radius 2 is 2.11 bits per heavy atom. The zero-order valence-corrected chi connectivity index (χ0v) is 12.3. The molecule has 3 N–H and O–H groups in total. The number of amides is 1. The molecule has 1 heterocycles. The topological polar surface area (TPSA) is 78.4 Å². The van der Waals surface area contributed by atoms with Crippen LogP contribution >= 0.6 is 11.8 Å². The van der Waals surface area contributed by atoms with Gasteiger partial charge in [0.05, 0.1) is 11.7 Å². The summed E-state index contributed by atoms with van der Waals surface area (Å²) in [4.78, 5) is 22.6. The summed E-state index contributed by atoms with van der Waals surface area (Å²) >= 11 is 1.68. The molecular formula is C13H24N2O3S. The molecule has 0 bridgehead atoms. The smallest absolute Gasteiger partial charge is 0.308 e. The zero-order valence-electron chi connectivity index (χ0n) is 11.5. The summed E-state index contributed by atoms with van der Waals surface area (Å²) in [5.74, 6) is -0.903. The minimum absolute atomic E-state index is 0.0501. The maximum atomic E-state index is 11.7. The molecule has 110 valence electrons. The van der Waals surface area contributed by atoms with Crippen LogP contribution in [0.4, 0.5) is 0 Å². The van der Waals surface area contributed by atoms with Crippen LogP contribution in [-0.2, 0) is 9.59 Å². The minimum atomic E-state index is -0.826. The molecule has 0 radical (unpaired) electrons. The lowest BCUT2D eigenvalue weighted by molar-refractivity contribution is -0.141. The lowest BCUT2D eigenvalue weighted by Gasteiger charge is -2.21.